The predicted octanol–water partition coefficient (Wildman–Crippen LogP) is 3.00. The molecule has 0 amide bonds. The first-order chi connectivity index (χ1) is 9.06. The summed E-state index contributed by atoms with van der Waals surface area (Å²) in [6.07, 6.45) is 4.70. The Morgan fingerprint density at radius 3 is 2.58 bits per heavy atom. The molecule has 0 saturated heterocycles. The number of carboxylic acid groups (broad SMARTS) is 1. The molecule has 2 saturated carbocycles. The van der Waals surface area contributed by atoms with E-state index in [-0.39, 0.29) is 5.56 Å². The molecule has 2 aliphatic rings. The van der Waals surface area contributed by atoms with Gasteiger partial charge >= 0.3 is 5.97 Å². The van der Waals surface area contributed by atoms with Crippen LogP contribution >= 0.6 is 11.6 Å². The summed E-state index contributed by atoms with van der Waals surface area (Å²) < 4.78 is 0. The Balaban J connectivity index is 2.02. The van der Waals surface area contributed by atoms with Crippen LogP contribution in [-0.2, 0) is 0 Å². The number of nitrogen functional groups attached to an aromatic ring is 1. The number of rotatable bonds is 5. The molecule has 0 heterocycles. The van der Waals surface area contributed by atoms with Crippen molar-refractivity contribution in [2.45, 2.75) is 31.7 Å². The summed E-state index contributed by atoms with van der Waals surface area (Å²) in [5, 5.41) is 9.82. The van der Waals surface area contributed by atoms with Crippen molar-refractivity contribution in [3.05, 3.63) is 22.7 Å². The lowest BCUT2D eigenvalue weighted by Gasteiger charge is -2.27. The van der Waals surface area contributed by atoms with E-state index in [0.717, 1.165) is 19.4 Å². The first-order valence-corrected chi connectivity index (χ1v) is 7.03. The summed E-state index contributed by atoms with van der Waals surface area (Å²) in [6.45, 7) is 0.911. The lowest BCUT2D eigenvalue weighted by molar-refractivity contribution is 0.0697. The van der Waals surface area contributed by atoms with Crippen molar-refractivity contribution in [2.24, 2.45) is 5.92 Å². The monoisotopic (exact) mass is 280 g/mol. The molecule has 2 fully saturated rings. The average Bonchev–Trinajstić information content (AvgIpc) is 3.19. The Bertz CT molecular complexity index is 524. The molecular formula is C14H17ClN2O2. The Hall–Kier alpha value is -1.42. The molecule has 102 valence electrons. The highest BCUT2D eigenvalue weighted by molar-refractivity contribution is 6.34. The van der Waals surface area contributed by atoms with Gasteiger partial charge in [0, 0.05) is 18.3 Å². The normalized spacial score (nSPS) is 18.4. The summed E-state index contributed by atoms with van der Waals surface area (Å²) in [5.74, 6) is -0.276. The third kappa shape index (κ3) is 2.63. The molecule has 0 unspecified atom stereocenters. The number of carbonyl (C=O) groups is 1. The van der Waals surface area contributed by atoms with Crippen molar-refractivity contribution in [2.75, 3.05) is 17.2 Å². The Kier molecular flexibility index (Phi) is 3.05. The fourth-order valence-electron chi connectivity index (χ4n) is 2.46. The zero-order valence-corrected chi connectivity index (χ0v) is 11.4. The molecule has 1 aromatic rings. The second-order valence-electron chi connectivity index (χ2n) is 5.53. The van der Waals surface area contributed by atoms with E-state index in [9.17, 15) is 9.90 Å². The minimum atomic E-state index is -0.967. The largest absolute Gasteiger partial charge is 0.478 e. The summed E-state index contributed by atoms with van der Waals surface area (Å²) in [6, 6.07) is 3.59. The summed E-state index contributed by atoms with van der Waals surface area (Å²) >= 11 is 6.26. The van der Waals surface area contributed by atoms with E-state index in [4.69, 9.17) is 17.3 Å². The third-order valence-corrected chi connectivity index (χ3v) is 4.03. The molecule has 2 aliphatic carbocycles. The average molecular weight is 281 g/mol. The van der Waals surface area contributed by atoms with Crippen LogP contribution in [0, 0.1) is 5.92 Å². The van der Waals surface area contributed by atoms with Gasteiger partial charge in [-0.2, -0.15) is 0 Å². The van der Waals surface area contributed by atoms with Crippen LogP contribution in [0.2, 0.25) is 5.02 Å². The molecule has 0 aliphatic heterocycles. The van der Waals surface area contributed by atoms with Gasteiger partial charge in [-0.05, 0) is 43.7 Å². The highest BCUT2D eigenvalue weighted by atomic mass is 35.5. The van der Waals surface area contributed by atoms with Gasteiger partial charge in [0.1, 0.15) is 0 Å². The summed E-state index contributed by atoms with van der Waals surface area (Å²) in [7, 11) is 0. The fourth-order valence-corrected chi connectivity index (χ4v) is 2.80. The molecule has 3 rings (SSSR count). The van der Waals surface area contributed by atoms with E-state index in [1.807, 2.05) is 0 Å². The van der Waals surface area contributed by atoms with Crippen molar-refractivity contribution in [3.8, 4) is 0 Å². The predicted molar refractivity (Wildman–Crippen MR) is 75.9 cm³/mol. The minimum Gasteiger partial charge on any atom is -0.478 e. The van der Waals surface area contributed by atoms with E-state index < -0.39 is 5.97 Å². The topological polar surface area (TPSA) is 66.6 Å². The van der Waals surface area contributed by atoms with Crippen molar-refractivity contribution < 1.29 is 9.90 Å². The van der Waals surface area contributed by atoms with Gasteiger partial charge in [-0.25, -0.2) is 4.79 Å². The number of hydrogen-bond acceptors (Lipinski definition) is 3. The number of nitrogens with two attached hydrogens (primary N) is 1. The standard InChI is InChI=1S/C14H17ClN2O2/c15-12-6-9(16)5-11(14(18)19)13(12)17(10-3-4-10)7-8-1-2-8/h5-6,8,10H,1-4,7,16H2,(H,18,19). The number of hydrogen-bond donors (Lipinski definition) is 2. The maximum Gasteiger partial charge on any atom is 0.337 e. The van der Waals surface area contributed by atoms with Gasteiger partial charge < -0.3 is 15.7 Å². The van der Waals surface area contributed by atoms with Crippen LogP contribution in [0.5, 0.6) is 0 Å². The van der Waals surface area contributed by atoms with E-state index in [2.05, 4.69) is 4.90 Å². The van der Waals surface area contributed by atoms with Crippen LogP contribution in [0.25, 0.3) is 0 Å². The van der Waals surface area contributed by atoms with Crippen molar-refractivity contribution in [1.82, 2.24) is 0 Å². The van der Waals surface area contributed by atoms with E-state index >= 15 is 0 Å². The Labute approximate surface area is 117 Å². The Morgan fingerprint density at radius 1 is 1.37 bits per heavy atom. The van der Waals surface area contributed by atoms with E-state index in [1.165, 1.54) is 18.9 Å². The van der Waals surface area contributed by atoms with Crippen LogP contribution < -0.4 is 10.6 Å². The zero-order valence-electron chi connectivity index (χ0n) is 10.6. The van der Waals surface area contributed by atoms with Gasteiger partial charge in [0.25, 0.3) is 0 Å². The number of benzene rings is 1. The maximum atomic E-state index is 11.4. The van der Waals surface area contributed by atoms with Crippen LogP contribution in [0.1, 0.15) is 36.0 Å². The van der Waals surface area contributed by atoms with E-state index in [0.29, 0.717) is 28.4 Å². The van der Waals surface area contributed by atoms with Gasteiger partial charge in [-0.15, -0.1) is 0 Å². The van der Waals surface area contributed by atoms with Gasteiger partial charge in [-0.1, -0.05) is 11.6 Å². The second kappa shape index (κ2) is 4.60. The Morgan fingerprint density at radius 2 is 2.05 bits per heavy atom. The molecule has 19 heavy (non-hydrogen) atoms. The third-order valence-electron chi connectivity index (χ3n) is 3.74. The number of carboxylic acids is 1. The molecule has 0 radical (unpaired) electrons. The number of aromatic carboxylic acids is 1. The first kappa shape index (κ1) is 12.6. The molecular weight excluding hydrogens is 264 g/mol. The lowest BCUT2D eigenvalue weighted by atomic mass is 10.1. The molecule has 0 spiro atoms. The van der Waals surface area contributed by atoms with Crippen LogP contribution in [0.15, 0.2) is 12.1 Å². The van der Waals surface area contributed by atoms with Gasteiger partial charge in [0.2, 0.25) is 0 Å². The molecule has 5 heteroatoms. The molecule has 1 aromatic carbocycles. The van der Waals surface area contributed by atoms with Gasteiger partial charge in [0.15, 0.2) is 0 Å². The van der Waals surface area contributed by atoms with Gasteiger partial charge in [0.05, 0.1) is 16.3 Å². The first-order valence-electron chi connectivity index (χ1n) is 6.65. The molecule has 0 atom stereocenters. The maximum absolute atomic E-state index is 11.4. The molecule has 0 bridgehead atoms. The molecule has 0 aromatic heterocycles. The smallest absolute Gasteiger partial charge is 0.337 e. The fraction of sp³-hybridized carbons (Fsp3) is 0.500. The zero-order chi connectivity index (χ0) is 13.6. The highest BCUT2D eigenvalue weighted by Gasteiger charge is 2.36. The molecule has 4 nitrogen and oxygen atoms in total. The van der Waals surface area contributed by atoms with Crippen molar-refractivity contribution in [3.63, 3.8) is 0 Å². The van der Waals surface area contributed by atoms with Crippen LogP contribution in [0.3, 0.4) is 0 Å². The summed E-state index contributed by atoms with van der Waals surface area (Å²) in [5.41, 5.74) is 6.97. The highest BCUT2D eigenvalue weighted by Crippen LogP contribution is 2.42. The second-order valence-corrected chi connectivity index (χ2v) is 5.94. The van der Waals surface area contributed by atoms with E-state index in [1.54, 1.807) is 6.07 Å². The van der Waals surface area contributed by atoms with Crippen LogP contribution in [-0.4, -0.2) is 23.7 Å². The molecule has 3 N–H and O–H groups in total. The number of nitrogens with zero attached hydrogens (tertiary/aromatic N) is 1. The summed E-state index contributed by atoms with van der Waals surface area (Å²) in [4.78, 5) is 13.6. The van der Waals surface area contributed by atoms with Crippen molar-refractivity contribution in [1.29, 1.82) is 0 Å². The number of anilines is 2. The minimum absolute atomic E-state index is 0.220. The number of halogens is 1. The van der Waals surface area contributed by atoms with Crippen molar-refractivity contribution >= 4 is 28.9 Å². The lowest BCUT2D eigenvalue weighted by Crippen LogP contribution is -2.30. The van der Waals surface area contributed by atoms with Crippen LogP contribution in [0.4, 0.5) is 11.4 Å². The van der Waals surface area contributed by atoms with Gasteiger partial charge in [-0.3, -0.25) is 0 Å². The SMILES string of the molecule is Nc1cc(Cl)c(N(CC2CC2)C2CC2)c(C(=O)O)c1. The quantitative estimate of drug-likeness (QED) is 0.814.